The lowest BCUT2D eigenvalue weighted by Crippen LogP contribution is -2.28. The van der Waals surface area contributed by atoms with E-state index in [1.807, 2.05) is 12.1 Å². The maximum Gasteiger partial charge on any atom is 0.212 e. The van der Waals surface area contributed by atoms with Gasteiger partial charge in [0.1, 0.15) is 11.6 Å². The van der Waals surface area contributed by atoms with Gasteiger partial charge in [-0.05, 0) is 46.5 Å². The normalized spacial score (nSPS) is 12.7. The Morgan fingerprint density at radius 2 is 0.939 bits per heavy atom. The topological polar surface area (TPSA) is 56.3 Å². The minimum atomic E-state index is -0.346. The van der Waals surface area contributed by atoms with Gasteiger partial charge in [0.2, 0.25) is 11.8 Å². The number of methoxy groups -OCH3 is 2. The van der Waals surface area contributed by atoms with Crippen LogP contribution in [0.1, 0.15) is 34.3 Å². The predicted octanol–water partition coefficient (Wildman–Crippen LogP) is 5.24. The van der Waals surface area contributed by atoms with Gasteiger partial charge in [0.15, 0.2) is 0 Å². The number of nitrogens with zero attached hydrogens (tertiary/aromatic N) is 2. The fourth-order valence-corrected chi connectivity index (χ4v) is 3.61. The van der Waals surface area contributed by atoms with E-state index in [0.717, 1.165) is 22.3 Å². The number of aromatic nitrogens is 2. The van der Waals surface area contributed by atoms with Crippen LogP contribution in [-0.2, 0) is 0 Å². The SMILES string of the molecule is COc1ccc(C(NC(c2ccc(F)cc2)c2ccc(OC)nc2)c2ccc(F)cc2)cn1. The predicted molar refractivity (Wildman–Crippen MR) is 121 cm³/mol. The monoisotopic (exact) mass is 447 g/mol. The van der Waals surface area contributed by atoms with Crippen molar-refractivity contribution in [2.75, 3.05) is 14.2 Å². The van der Waals surface area contributed by atoms with Crippen molar-refractivity contribution in [3.8, 4) is 11.8 Å². The van der Waals surface area contributed by atoms with Crippen LogP contribution in [0.25, 0.3) is 0 Å². The molecule has 2 atom stereocenters. The van der Waals surface area contributed by atoms with Gasteiger partial charge in [-0.25, -0.2) is 18.7 Å². The number of halogens is 2. The van der Waals surface area contributed by atoms with Gasteiger partial charge in [-0.2, -0.15) is 0 Å². The van der Waals surface area contributed by atoms with Gasteiger partial charge in [-0.1, -0.05) is 36.4 Å². The van der Waals surface area contributed by atoms with Crippen molar-refractivity contribution in [1.82, 2.24) is 15.3 Å². The van der Waals surface area contributed by atoms with Gasteiger partial charge in [0.25, 0.3) is 0 Å². The molecule has 2 aromatic heterocycles. The van der Waals surface area contributed by atoms with Crippen LogP contribution >= 0.6 is 0 Å². The number of pyridine rings is 2. The highest BCUT2D eigenvalue weighted by molar-refractivity contribution is 5.37. The van der Waals surface area contributed by atoms with Crippen molar-refractivity contribution in [2.45, 2.75) is 12.1 Å². The molecule has 7 heteroatoms. The zero-order valence-corrected chi connectivity index (χ0v) is 18.2. The molecule has 0 aliphatic heterocycles. The summed E-state index contributed by atoms with van der Waals surface area (Å²) in [6, 6.07) is 19.2. The molecule has 1 N–H and O–H groups in total. The van der Waals surface area contributed by atoms with Crippen LogP contribution in [0.4, 0.5) is 8.78 Å². The first kappa shape index (κ1) is 22.4. The maximum absolute atomic E-state index is 13.6. The number of rotatable bonds is 8. The van der Waals surface area contributed by atoms with Crippen LogP contribution in [0.15, 0.2) is 85.2 Å². The van der Waals surface area contributed by atoms with Crippen molar-refractivity contribution in [3.05, 3.63) is 119 Å². The second-order valence-electron chi connectivity index (χ2n) is 7.40. The number of hydrogen-bond acceptors (Lipinski definition) is 5. The lowest BCUT2D eigenvalue weighted by molar-refractivity contribution is 0.396. The van der Waals surface area contributed by atoms with E-state index >= 15 is 0 Å². The molecule has 0 saturated carbocycles. The van der Waals surface area contributed by atoms with Crippen molar-refractivity contribution >= 4 is 0 Å². The van der Waals surface area contributed by atoms with Gasteiger partial charge in [0.05, 0.1) is 26.3 Å². The Kier molecular flexibility index (Phi) is 6.90. The molecular weight excluding hydrogens is 424 g/mol. The minimum Gasteiger partial charge on any atom is -0.481 e. The average molecular weight is 447 g/mol. The number of hydrogen-bond donors (Lipinski definition) is 1. The molecule has 2 unspecified atom stereocenters. The Morgan fingerprint density at radius 1 is 0.576 bits per heavy atom. The largest absolute Gasteiger partial charge is 0.481 e. The zero-order chi connectivity index (χ0) is 23.2. The molecule has 2 aromatic carbocycles. The summed E-state index contributed by atoms with van der Waals surface area (Å²) in [4.78, 5) is 8.67. The van der Waals surface area contributed by atoms with Crippen LogP contribution in [0, 0.1) is 11.6 Å². The van der Waals surface area contributed by atoms with Crippen LogP contribution in [0.3, 0.4) is 0 Å². The van der Waals surface area contributed by atoms with Gasteiger partial charge in [0, 0.05) is 24.5 Å². The number of ether oxygens (including phenoxy) is 2. The van der Waals surface area contributed by atoms with Crippen molar-refractivity contribution < 1.29 is 18.3 Å². The minimum absolute atomic E-state index is 0.320. The van der Waals surface area contributed by atoms with E-state index < -0.39 is 0 Å². The summed E-state index contributed by atoms with van der Waals surface area (Å²) in [5, 5.41) is 3.63. The molecule has 0 radical (unpaired) electrons. The van der Waals surface area contributed by atoms with Crippen LogP contribution in [0.2, 0.25) is 0 Å². The van der Waals surface area contributed by atoms with Crippen molar-refractivity contribution in [2.24, 2.45) is 0 Å². The van der Waals surface area contributed by atoms with Crippen LogP contribution in [0.5, 0.6) is 11.8 Å². The quantitative estimate of drug-likeness (QED) is 0.400. The zero-order valence-electron chi connectivity index (χ0n) is 18.2. The smallest absolute Gasteiger partial charge is 0.212 e. The van der Waals surface area contributed by atoms with E-state index in [9.17, 15) is 8.78 Å². The standard InChI is InChI=1S/C26H23F2N3O2/c1-32-23-13-7-19(15-29-23)25(17-3-9-21(27)10-4-17)31-26(18-5-11-22(28)12-6-18)20-8-14-24(33-2)30-16-20/h3-16,25-26,31H,1-2H3. The molecule has 0 fully saturated rings. The second-order valence-corrected chi connectivity index (χ2v) is 7.40. The summed E-state index contributed by atoms with van der Waals surface area (Å²) in [6.07, 6.45) is 3.43. The van der Waals surface area contributed by atoms with E-state index in [-0.39, 0.29) is 23.7 Å². The van der Waals surface area contributed by atoms with E-state index in [0.29, 0.717) is 11.8 Å². The first-order valence-corrected chi connectivity index (χ1v) is 10.3. The molecular formula is C26H23F2N3O2. The van der Waals surface area contributed by atoms with Crippen LogP contribution < -0.4 is 14.8 Å². The molecule has 5 nitrogen and oxygen atoms in total. The summed E-state index contributed by atoms with van der Waals surface area (Å²) in [6.45, 7) is 0. The van der Waals surface area contributed by atoms with Gasteiger partial charge < -0.3 is 9.47 Å². The summed E-state index contributed by atoms with van der Waals surface area (Å²) < 4.78 is 37.7. The fourth-order valence-electron chi connectivity index (χ4n) is 3.61. The van der Waals surface area contributed by atoms with E-state index in [1.165, 1.54) is 24.3 Å². The van der Waals surface area contributed by atoms with Gasteiger partial charge >= 0.3 is 0 Å². The molecule has 0 aliphatic carbocycles. The third-order valence-electron chi connectivity index (χ3n) is 5.34. The Morgan fingerprint density at radius 3 is 1.24 bits per heavy atom. The third kappa shape index (κ3) is 5.32. The lowest BCUT2D eigenvalue weighted by Gasteiger charge is -2.27. The first-order chi connectivity index (χ1) is 16.1. The molecule has 0 spiro atoms. The van der Waals surface area contributed by atoms with E-state index in [4.69, 9.17) is 9.47 Å². The third-order valence-corrected chi connectivity index (χ3v) is 5.34. The molecule has 4 aromatic rings. The molecule has 0 saturated heterocycles. The Bertz CT molecular complexity index is 1070. The Balaban J connectivity index is 1.78. The highest BCUT2D eigenvalue weighted by Gasteiger charge is 2.23. The summed E-state index contributed by atoms with van der Waals surface area (Å²) >= 11 is 0. The van der Waals surface area contributed by atoms with Crippen molar-refractivity contribution in [3.63, 3.8) is 0 Å². The first-order valence-electron chi connectivity index (χ1n) is 10.3. The summed E-state index contributed by atoms with van der Waals surface area (Å²) in [5.74, 6) is 0.344. The summed E-state index contributed by atoms with van der Waals surface area (Å²) in [7, 11) is 3.11. The fraction of sp³-hybridized carbons (Fsp3) is 0.154. The van der Waals surface area contributed by atoms with Gasteiger partial charge in [-0.15, -0.1) is 0 Å². The summed E-state index contributed by atoms with van der Waals surface area (Å²) in [5.41, 5.74) is 3.40. The number of benzene rings is 2. The Hall–Kier alpha value is -3.84. The average Bonchev–Trinajstić information content (AvgIpc) is 2.86. The Labute approximate surface area is 191 Å². The molecule has 2 heterocycles. The molecule has 4 rings (SSSR count). The van der Waals surface area contributed by atoms with Crippen LogP contribution in [-0.4, -0.2) is 24.2 Å². The number of nitrogens with one attached hydrogen (secondary N) is 1. The second kappa shape index (κ2) is 10.2. The molecule has 33 heavy (non-hydrogen) atoms. The van der Waals surface area contributed by atoms with E-state index in [1.54, 1.807) is 63.0 Å². The molecule has 168 valence electrons. The molecule has 0 bridgehead atoms. The van der Waals surface area contributed by atoms with Gasteiger partial charge in [-0.3, -0.25) is 5.32 Å². The molecule has 0 aliphatic rings. The maximum atomic E-state index is 13.6. The van der Waals surface area contributed by atoms with Crippen molar-refractivity contribution in [1.29, 1.82) is 0 Å². The molecule has 0 amide bonds. The highest BCUT2D eigenvalue weighted by Crippen LogP contribution is 2.31. The lowest BCUT2D eigenvalue weighted by atomic mass is 9.94. The van der Waals surface area contributed by atoms with E-state index in [2.05, 4.69) is 15.3 Å². The highest BCUT2D eigenvalue weighted by atomic mass is 19.1.